The summed E-state index contributed by atoms with van der Waals surface area (Å²) in [5, 5.41) is 0. The van der Waals surface area contributed by atoms with Gasteiger partial charge in [0, 0.05) is 23.3 Å². The van der Waals surface area contributed by atoms with Crippen molar-refractivity contribution in [3.63, 3.8) is 0 Å². The molecule has 27 heavy (non-hydrogen) atoms. The summed E-state index contributed by atoms with van der Waals surface area (Å²) in [4.78, 5) is 14.7. The van der Waals surface area contributed by atoms with Crippen LogP contribution in [0, 0.1) is 11.7 Å². The van der Waals surface area contributed by atoms with E-state index in [-0.39, 0.29) is 22.8 Å². The Morgan fingerprint density at radius 3 is 2.48 bits per heavy atom. The van der Waals surface area contributed by atoms with Gasteiger partial charge >= 0.3 is 0 Å². The number of fused-ring (bicyclic) bond motifs is 1. The summed E-state index contributed by atoms with van der Waals surface area (Å²) in [7, 11) is -3.79. The van der Waals surface area contributed by atoms with Crippen LogP contribution in [-0.4, -0.2) is 20.4 Å². The Morgan fingerprint density at radius 2 is 1.85 bits per heavy atom. The van der Waals surface area contributed by atoms with E-state index in [1.54, 1.807) is 12.1 Å². The summed E-state index contributed by atoms with van der Waals surface area (Å²) in [5.74, 6) is -0.185. The Kier molecular flexibility index (Phi) is 4.42. The molecule has 2 aromatic carbocycles. The highest BCUT2D eigenvalue weighted by molar-refractivity contribution is 7.92. The van der Waals surface area contributed by atoms with Crippen LogP contribution in [0.5, 0.6) is 0 Å². The van der Waals surface area contributed by atoms with Gasteiger partial charge in [0.2, 0.25) is 5.91 Å². The highest BCUT2D eigenvalue weighted by Gasteiger charge is 2.37. The van der Waals surface area contributed by atoms with E-state index in [0.29, 0.717) is 12.1 Å². The number of rotatable bonds is 4. The normalized spacial score (nSPS) is 19.5. The van der Waals surface area contributed by atoms with Crippen molar-refractivity contribution >= 4 is 27.3 Å². The van der Waals surface area contributed by atoms with Crippen LogP contribution in [0.3, 0.4) is 0 Å². The molecule has 1 saturated carbocycles. The van der Waals surface area contributed by atoms with E-state index in [1.807, 2.05) is 11.8 Å². The first kappa shape index (κ1) is 18.0. The molecule has 2 aliphatic rings. The number of benzene rings is 2. The highest BCUT2D eigenvalue weighted by Crippen LogP contribution is 2.38. The second-order valence-corrected chi connectivity index (χ2v) is 8.97. The highest BCUT2D eigenvalue weighted by atomic mass is 32.2. The first-order chi connectivity index (χ1) is 12.8. The minimum atomic E-state index is -3.79. The first-order valence-electron chi connectivity index (χ1n) is 9.09. The minimum Gasteiger partial charge on any atom is -0.309 e. The van der Waals surface area contributed by atoms with Gasteiger partial charge in [0.1, 0.15) is 5.82 Å². The smallest absolute Gasteiger partial charge is 0.261 e. The van der Waals surface area contributed by atoms with E-state index in [2.05, 4.69) is 4.72 Å². The van der Waals surface area contributed by atoms with Crippen molar-refractivity contribution in [1.29, 1.82) is 0 Å². The standard InChI is InChI=1S/C20H21FN2O3S/c1-13-11-15-12-18(27(25,26)22-17-7-5-16(21)6-8-17)9-10-19(15)23(13)20(24)14-3-2-4-14/h5-10,12-14,22H,2-4,11H2,1H3/t13-/m0/s1. The van der Waals surface area contributed by atoms with E-state index in [1.165, 1.54) is 30.3 Å². The molecule has 1 heterocycles. The van der Waals surface area contributed by atoms with Crippen molar-refractivity contribution in [3.05, 3.63) is 53.8 Å². The third-order valence-electron chi connectivity index (χ3n) is 5.37. The van der Waals surface area contributed by atoms with Crippen LogP contribution in [0.4, 0.5) is 15.8 Å². The van der Waals surface area contributed by atoms with Crippen LogP contribution < -0.4 is 9.62 Å². The number of hydrogen-bond donors (Lipinski definition) is 1. The molecule has 0 spiro atoms. The van der Waals surface area contributed by atoms with E-state index in [9.17, 15) is 17.6 Å². The fourth-order valence-electron chi connectivity index (χ4n) is 3.69. The molecule has 2 aromatic rings. The van der Waals surface area contributed by atoms with E-state index in [4.69, 9.17) is 0 Å². The number of halogens is 1. The Labute approximate surface area is 158 Å². The van der Waals surface area contributed by atoms with Gasteiger partial charge in [-0.1, -0.05) is 6.42 Å². The zero-order valence-electron chi connectivity index (χ0n) is 15.0. The molecular weight excluding hydrogens is 367 g/mol. The molecule has 0 aromatic heterocycles. The van der Waals surface area contributed by atoms with Crippen LogP contribution in [0.2, 0.25) is 0 Å². The van der Waals surface area contributed by atoms with Crippen LogP contribution in [0.15, 0.2) is 47.4 Å². The molecule has 0 radical (unpaired) electrons. The number of hydrogen-bond acceptors (Lipinski definition) is 3. The van der Waals surface area contributed by atoms with Gasteiger partial charge in [-0.3, -0.25) is 9.52 Å². The average Bonchev–Trinajstić information content (AvgIpc) is 2.90. The summed E-state index contributed by atoms with van der Waals surface area (Å²) in [6, 6.07) is 10.0. The van der Waals surface area contributed by atoms with Crippen molar-refractivity contribution < 1.29 is 17.6 Å². The maximum absolute atomic E-state index is 13.0. The summed E-state index contributed by atoms with van der Waals surface area (Å²) in [5.41, 5.74) is 1.96. The van der Waals surface area contributed by atoms with Crippen molar-refractivity contribution in [2.24, 2.45) is 5.92 Å². The fourth-order valence-corrected chi connectivity index (χ4v) is 4.80. The van der Waals surface area contributed by atoms with Gasteiger partial charge in [-0.25, -0.2) is 12.8 Å². The molecule has 1 N–H and O–H groups in total. The minimum absolute atomic E-state index is 0.0242. The van der Waals surface area contributed by atoms with E-state index in [0.717, 1.165) is 30.5 Å². The molecule has 0 unspecified atom stereocenters. The van der Waals surface area contributed by atoms with E-state index >= 15 is 0 Å². The molecule has 0 saturated heterocycles. The lowest BCUT2D eigenvalue weighted by Crippen LogP contribution is -2.42. The van der Waals surface area contributed by atoms with Gasteiger partial charge in [-0.2, -0.15) is 0 Å². The average molecular weight is 388 g/mol. The molecule has 1 fully saturated rings. The molecule has 4 rings (SSSR count). The summed E-state index contributed by atoms with van der Waals surface area (Å²) >= 11 is 0. The van der Waals surface area contributed by atoms with Crippen LogP contribution >= 0.6 is 0 Å². The largest absolute Gasteiger partial charge is 0.309 e. The Hall–Kier alpha value is -2.41. The van der Waals surface area contributed by atoms with Gasteiger partial charge < -0.3 is 4.90 Å². The predicted octanol–water partition coefficient (Wildman–Crippen LogP) is 3.70. The predicted molar refractivity (Wildman–Crippen MR) is 102 cm³/mol. The molecule has 1 aliphatic heterocycles. The number of amides is 1. The lowest BCUT2D eigenvalue weighted by Gasteiger charge is -2.32. The van der Waals surface area contributed by atoms with Gasteiger partial charge in [-0.15, -0.1) is 0 Å². The SMILES string of the molecule is C[C@H]1Cc2cc(S(=O)(=O)Nc3ccc(F)cc3)ccc2N1C(=O)C1CCC1. The molecule has 1 aliphatic carbocycles. The summed E-state index contributed by atoms with van der Waals surface area (Å²) in [6.07, 6.45) is 3.60. The zero-order valence-corrected chi connectivity index (χ0v) is 15.8. The van der Waals surface area contributed by atoms with Crippen molar-refractivity contribution in [2.45, 2.75) is 43.5 Å². The molecule has 7 heteroatoms. The quantitative estimate of drug-likeness (QED) is 0.868. The number of anilines is 2. The number of carbonyl (C=O) groups excluding carboxylic acids is 1. The topological polar surface area (TPSA) is 66.5 Å². The van der Waals surface area contributed by atoms with Crippen molar-refractivity contribution in [1.82, 2.24) is 0 Å². The van der Waals surface area contributed by atoms with Crippen molar-refractivity contribution in [3.8, 4) is 0 Å². The third-order valence-corrected chi connectivity index (χ3v) is 6.74. The molecule has 0 bridgehead atoms. The molecule has 1 amide bonds. The molecule has 5 nitrogen and oxygen atoms in total. The second-order valence-electron chi connectivity index (χ2n) is 7.29. The van der Waals surface area contributed by atoms with E-state index < -0.39 is 15.8 Å². The Bertz CT molecular complexity index is 985. The lowest BCUT2D eigenvalue weighted by atomic mass is 9.84. The summed E-state index contributed by atoms with van der Waals surface area (Å²) in [6.45, 7) is 1.99. The van der Waals surface area contributed by atoms with Crippen LogP contribution in [-0.2, 0) is 21.2 Å². The van der Waals surface area contributed by atoms with Crippen molar-refractivity contribution in [2.75, 3.05) is 9.62 Å². The monoisotopic (exact) mass is 388 g/mol. The lowest BCUT2D eigenvalue weighted by molar-refractivity contribution is -0.125. The third kappa shape index (κ3) is 3.32. The number of nitrogens with one attached hydrogen (secondary N) is 1. The second kappa shape index (κ2) is 6.64. The summed E-state index contributed by atoms with van der Waals surface area (Å²) < 4.78 is 40.8. The van der Waals surface area contributed by atoms with Gasteiger partial charge in [-0.05, 0) is 74.2 Å². The number of nitrogens with zero attached hydrogens (tertiary/aromatic N) is 1. The van der Waals surface area contributed by atoms with Crippen LogP contribution in [0.1, 0.15) is 31.7 Å². The maximum Gasteiger partial charge on any atom is 0.261 e. The fraction of sp³-hybridized carbons (Fsp3) is 0.350. The maximum atomic E-state index is 13.0. The molecule has 1 atom stereocenters. The van der Waals surface area contributed by atoms with Gasteiger partial charge in [0.25, 0.3) is 10.0 Å². The molecular formula is C20H21FN2O3S. The first-order valence-corrected chi connectivity index (χ1v) is 10.6. The van der Waals surface area contributed by atoms with Gasteiger partial charge in [0.15, 0.2) is 0 Å². The number of carbonyl (C=O) groups is 1. The molecule has 142 valence electrons. The van der Waals surface area contributed by atoms with Crippen LogP contribution in [0.25, 0.3) is 0 Å². The zero-order chi connectivity index (χ0) is 19.2. The van der Waals surface area contributed by atoms with Gasteiger partial charge in [0.05, 0.1) is 4.90 Å². The Balaban J connectivity index is 1.60. The Morgan fingerprint density at radius 1 is 1.15 bits per heavy atom. The number of sulfonamides is 1.